The molecule has 1 amide bonds. The van der Waals surface area contributed by atoms with Crippen LogP contribution in [0.5, 0.6) is 0 Å². The fraction of sp³-hybridized carbons (Fsp3) is 0.0714. The molecule has 0 bridgehead atoms. The number of nitriles is 1. The second-order valence-corrected chi connectivity index (χ2v) is 4.82. The Balaban J connectivity index is 2.16. The molecule has 0 fully saturated rings. The van der Waals surface area contributed by atoms with E-state index in [1.165, 1.54) is 12.3 Å². The number of hydrogen-bond donors (Lipinski definition) is 1. The summed E-state index contributed by atoms with van der Waals surface area (Å²) in [4.78, 5) is 15.9. The summed E-state index contributed by atoms with van der Waals surface area (Å²) in [6.45, 7) is 1.97. The third-order valence-electron chi connectivity index (χ3n) is 2.55. The first-order valence-corrected chi connectivity index (χ1v) is 6.33. The van der Waals surface area contributed by atoms with Gasteiger partial charge in [-0.2, -0.15) is 5.26 Å². The molecule has 2 rings (SSSR count). The average Bonchev–Trinajstić information content (AvgIpc) is 2.43. The van der Waals surface area contributed by atoms with Crippen molar-refractivity contribution in [2.75, 3.05) is 5.32 Å². The number of halogens is 1. The Kier molecular flexibility index (Phi) is 3.93. The van der Waals surface area contributed by atoms with Gasteiger partial charge in [0.1, 0.15) is 11.8 Å². The number of benzene rings is 1. The van der Waals surface area contributed by atoms with Crippen LogP contribution in [0.2, 0.25) is 0 Å². The number of nitrogens with one attached hydrogen (secondary N) is 1. The molecule has 19 heavy (non-hydrogen) atoms. The Morgan fingerprint density at radius 3 is 2.74 bits per heavy atom. The van der Waals surface area contributed by atoms with Crippen molar-refractivity contribution in [3.63, 3.8) is 0 Å². The lowest BCUT2D eigenvalue weighted by atomic mass is 10.2. The Morgan fingerprint density at radius 2 is 2.16 bits per heavy atom. The van der Waals surface area contributed by atoms with Crippen LogP contribution < -0.4 is 5.32 Å². The molecule has 5 heteroatoms. The lowest BCUT2D eigenvalue weighted by Gasteiger charge is -2.06. The molecule has 0 saturated heterocycles. The SMILES string of the molecule is Cc1ccc(NC(=O)c2ccc(C#N)cn2)cc1Br. The summed E-state index contributed by atoms with van der Waals surface area (Å²) in [6.07, 6.45) is 1.37. The van der Waals surface area contributed by atoms with Crippen LogP contribution in [0.15, 0.2) is 41.0 Å². The normalized spacial score (nSPS) is 9.74. The highest BCUT2D eigenvalue weighted by atomic mass is 79.9. The second-order valence-electron chi connectivity index (χ2n) is 3.96. The predicted molar refractivity (Wildman–Crippen MR) is 75.8 cm³/mol. The summed E-state index contributed by atoms with van der Waals surface area (Å²) in [5.74, 6) is -0.305. The molecule has 0 saturated carbocycles. The van der Waals surface area contributed by atoms with Gasteiger partial charge in [-0.15, -0.1) is 0 Å². The Morgan fingerprint density at radius 1 is 1.37 bits per heavy atom. The first-order chi connectivity index (χ1) is 9.10. The Hall–Kier alpha value is -2.19. The fourth-order valence-corrected chi connectivity index (χ4v) is 1.84. The molecule has 1 aromatic heterocycles. The van der Waals surface area contributed by atoms with E-state index in [9.17, 15) is 4.79 Å². The molecule has 1 heterocycles. The molecule has 0 aliphatic heterocycles. The van der Waals surface area contributed by atoms with Crippen molar-refractivity contribution >= 4 is 27.5 Å². The topological polar surface area (TPSA) is 65.8 Å². The van der Waals surface area contributed by atoms with Gasteiger partial charge in [0.25, 0.3) is 5.91 Å². The van der Waals surface area contributed by atoms with Gasteiger partial charge in [0, 0.05) is 16.4 Å². The van der Waals surface area contributed by atoms with E-state index in [-0.39, 0.29) is 11.6 Å². The second kappa shape index (κ2) is 5.63. The number of aryl methyl sites for hydroxylation is 1. The average molecular weight is 316 g/mol. The van der Waals surface area contributed by atoms with E-state index in [0.717, 1.165) is 10.0 Å². The van der Waals surface area contributed by atoms with Crippen LogP contribution in [0.1, 0.15) is 21.6 Å². The van der Waals surface area contributed by atoms with E-state index >= 15 is 0 Å². The minimum absolute atomic E-state index is 0.274. The smallest absolute Gasteiger partial charge is 0.274 e. The zero-order chi connectivity index (χ0) is 13.8. The van der Waals surface area contributed by atoms with Crippen molar-refractivity contribution < 1.29 is 4.79 Å². The van der Waals surface area contributed by atoms with E-state index < -0.39 is 0 Å². The fourth-order valence-electron chi connectivity index (χ4n) is 1.46. The van der Waals surface area contributed by atoms with Crippen molar-refractivity contribution in [2.45, 2.75) is 6.92 Å². The third-order valence-corrected chi connectivity index (χ3v) is 3.41. The minimum atomic E-state index is -0.305. The zero-order valence-electron chi connectivity index (χ0n) is 10.1. The van der Waals surface area contributed by atoms with Gasteiger partial charge in [0.2, 0.25) is 0 Å². The number of carbonyl (C=O) groups is 1. The maximum Gasteiger partial charge on any atom is 0.274 e. The first kappa shape index (κ1) is 13.2. The molecule has 0 aliphatic rings. The monoisotopic (exact) mass is 315 g/mol. The Bertz CT molecular complexity index is 659. The van der Waals surface area contributed by atoms with Crippen molar-refractivity contribution in [2.24, 2.45) is 0 Å². The largest absolute Gasteiger partial charge is 0.321 e. The number of carbonyl (C=O) groups excluding carboxylic acids is 1. The number of aromatic nitrogens is 1. The van der Waals surface area contributed by atoms with E-state index in [1.54, 1.807) is 6.07 Å². The predicted octanol–water partition coefficient (Wildman–Crippen LogP) is 3.28. The van der Waals surface area contributed by atoms with Crippen LogP contribution in [0, 0.1) is 18.3 Å². The molecule has 2 aromatic rings. The number of hydrogen-bond acceptors (Lipinski definition) is 3. The summed E-state index contributed by atoms with van der Waals surface area (Å²) < 4.78 is 0.929. The highest BCUT2D eigenvalue weighted by Gasteiger charge is 2.08. The highest BCUT2D eigenvalue weighted by molar-refractivity contribution is 9.10. The standard InChI is InChI=1S/C14H10BrN3O/c1-9-2-4-11(6-12(9)15)18-14(19)13-5-3-10(7-16)8-17-13/h2-6,8H,1H3,(H,18,19). The van der Waals surface area contributed by atoms with Gasteiger partial charge in [-0.05, 0) is 36.8 Å². The number of pyridine rings is 1. The van der Waals surface area contributed by atoms with E-state index in [0.29, 0.717) is 11.3 Å². The summed E-state index contributed by atoms with van der Waals surface area (Å²) in [7, 11) is 0. The van der Waals surface area contributed by atoms with Gasteiger partial charge in [-0.3, -0.25) is 4.79 Å². The molecular weight excluding hydrogens is 306 g/mol. The van der Waals surface area contributed by atoms with Crippen molar-refractivity contribution in [3.8, 4) is 6.07 Å². The van der Waals surface area contributed by atoms with Gasteiger partial charge in [0.05, 0.1) is 5.56 Å². The van der Waals surface area contributed by atoms with Gasteiger partial charge >= 0.3 is 0 Å². The maximum atomic E-state index is 11.9. The van der Waals surface area contributed by atoms with E-state index in [4.69, 9.17) is 5.26 Å². The zero-order valence-corrected chi connectivity index (χ0v) is 11.7. The molecule has 0 spiro atoms. The molecule has 1 N–H and O–H groups in total. The van der Waals surface area contributed by atoms with Crippen molar-refractivity contribution in [3.05, 3.63) is 57.8 Å². The lowest BCUT2D eigenvalue weighted by Crippen LogP contribution is -2.13. The molecule has 0 radical (unpaired) electrons. The van der Waals surface area contributed by atoms with Gasteiger partial charge in [-0.1, -0.05) is 22.0 Å². The van der Waals surface area contributed by atoms with Crippen LogP contribution in [-0.2, 0) is 0 Å². The highest BCUT2D eigenvalue weighted by Crippen LogP contribution is 2.20. The molecule has 0 unspecified atom stereocenters. The van der Waals surface area contributed by atoms with Crippen LogP contribution >= 0.6 is 15.9 Å². The molecule has 1 aromatic carbocycles. The minimum Gasteiger partial charge on any atom is -0.321 e. The van der Waals surface area contributed by atoms with Gasteiger partial charge in [0.15, 0.2) is 0 Å². The number of amides is 1. The number of anilines is 1. The quantitative estimate of drug-likeness (QED) is 0.924. The molecule has 4 nitrogen and oxygen atoms in total. The molecule has 94 valence electrons. The van der Waals surface area contributed by atoms with Crippen molar-refractivity contribution in [1.82, 2.24) is 4.98 Å². The third kappa shape index (κ3) is 3.18. The Labute approximate surface area is 119 Å². The van der Waals surface area contributed by atoms with Crippen LogP contribution in [0.25, 0.3) is 0 Å². The molecule has 0 atom stereocenters. The van der Waals surface area contributed by atoms with Gasteiger partial charge in [-0.25, -0.2) is 4.98 Å². The van der Waals surface area contributed by atoms with Crippen LogP contribution in [0.4, 0.5) is 5.69 Å². The lowest BCUT2D eigenvalue weighted by molar-refractivity contribution is 0.102. The van der Waals surface area contributed by atoms with Crippen LogP contribution in [0.3, 0.4) is 0 Å². The first-order valence-electron chi connectivity index (χ1n) is 5.54. The summed E-state index contributed by atoms with van der Waals surface area (Å²) in [5, 5.41) is 11.4. The van der Waals surface area contributed by atoms with Gasteiger partial charge < -0.3 is 5.32 Å². The van der Waals surface area contributed by atoms with Crippen molar-refractivity contribution in [1.29, 1.82) is 5.26 Å². The summed E-state index contributed by atoms with van der Waals surface area (Å²) in [6, 6.07) is 10.6. The van der Waals surface area contributed by atoms with E-state index in [1.807, 2.05) is 31.2 Å². The molecule has 0 aliphatic carbocycles. The summed E-state index contributed by atoms with van der Waals surface area (Å²) in [5.41, 5.74) is 2.48. The number of nitrogens with zero attached hydrogens (tertiary/aromatic N) is 2. The summed E-state index contributed by atoms with van der Waals surface area (Å²) >= 11 is 3.41. The number of rotatable bonds is 2. The maximum absolute atomic E-state index is 11.9. The van der Waals surface area contributed by atoms with Crippen LogP contribution in [-0.4, -0.2) is 10.9 Å². The molecular formula is C14H10BrN3O. The van der Waals surface area contributed by atoms with E-state index in [2.05, 4.69) is 26.2 Å².